The number of anilines is 1. The zero-order valence-electron chi connectivity index (χ0n) is 10.4. The van der Waals surface area contributed by atoms with Crippen molar-refractivity contribution in [2.45, 2.75) is 26.8 Å². The first-order valence-corrected chi connectivity index (χ1v) is 5.79. The molecular formula is C12H17N5. The number of hydrogen-bond acceptors (Lipinski definition) is 4. The van der Waals surface area contributed by atoms with Crippen molar-refractivity contribution in [2.75, 3.05) is 12.4 Å². The van der Waals surface area contributed by atoms with Crippen LogP contribution in [0.2, 0.25) is 0 Å². The zero-order chi connectivity index (χ0) is 12.3. The maximum atomic E-state index is 4.36. The second-order valence-electron chi connectivity index (χ2n) is 3.89. The van der Waals surface area contributed by atoms with Gasteiger partial charge >= 0.3 is 0 Å². The molecule has 0 unspecified atom stereocenters. The summed E-state index contributed by atoms with van der Waals surface area (Å²) < 4.78 is 1.98. The lowest BCUT2D eigenvalue weighted by Crippen LogP contribution is -2.05. The molecule has 0 aromatic carbocycles. The van der Waals surface area contributed by atoms with Crippen LogP contribution in [0.1, 0.15) is 18.9 Å². The Morgan fingerprint density at radius 3 is 2.88 bits per heavy atom. The van der Waals surface area contributed by atoms with E-state index in [2.05, 4.69) is 27.3 Å². The fourth-order valence-corrected chi connectivity index (χ4v) is 1.88. The first-order chi connectivity index (χ1) is 8.27. The molecule has 2 aromatic rings. The summed E-state index contributed by atoms with van der Waals surface area (Å²) in [6, 6.07) is 1.99. The van der Waals surface area contributed by atoms with Gasteiger partial charge in [-0.3, -0.25) is 4.68 Å². The molecule has 5 heteroatoms. The molecule has 17 heavy (non-hydrogen) atoms. The third kappa shape index (κ3) is 2.13. The minimum Gasteiger partial charge on any atom is -0.373 e. The summed E-state index contributed by atoms with van der Waals surface area (Å²) >= 11 is 0. The van der Waals surface area contributed by atoms with E-state index in [1.54, 1.807) is 6.33 Å². The lowest BCUT2D eigenvalue weighted by Gasteiger charge is -2.10. The third-order valence-corrected chi connectivity index (χ3v) is 2.72. The summed E-state index contributed by atoms with van der Waals surface area (Å²) in [5, 5.41) is 7.38. The Kier molecular flexibility index (Phi) is 3.37. The fraction of sp³-hybridized carbons (Fsp3) is 0.417. The molecule has 1 N–H and O–H groups in total. The molecule has 0 aliphatic heterocycles. The molecule has 0 fully saturated rings. The number of hydrogen-bond donors (Lipinski definition) is 1. The number of nitrogens with one attached hydrogen (secondary N) is 1. The van der Waals surface area contributed by atoms with E-state index >= 15 is 0 Å². The second kappa shape index (κ2) is 4.95. The zero-order valence-corrected chi connectivity index (χ0v) is 10.4. The molecule has 2 aromatic heterocycles. The van der Waals surface area contributed by atoms with Crippen LogP contribution >= 0.6 is 0 Å². The Morgan fingerprint density at radius 2 is 2.18 bits per heavy atom. The summed E-state index contributed by atoms with van der Waals surface area (Å²) in [6.07, 6.45) is 4.45. The summed E-state index contributed by atoms with van der Waals surface area (Å²) in [5.41, 5.74) is 3.03. The van der Waals surface area contributed by atoms with Crippen molar-refractivity contribution >= 4 is 5.82 Å². The second-order valence-corrected chi connectivity index (χ2v) is 3.89. The summed E-state index contributed by atoms with van der Waals surface area (Å²) in [5.74, 6) is 0.860. The quantitative estimate of drug-likeness (QED) is 0.875. The van der Waals surface area contributed by atoms with Crippen molar-refractivity contribution in [2.24, 2.45) is 0 Å². The number of nitrogens with zero attached hydrogens (tertiary/aromatic N) is 4. The van der Waals surface area contributed by atoms with Gasteiger partial charge in [0.05, 0.1) is 11.4 Å². The van der Waals surface area contributed by atoms with Gasteiger partial charge in [0.15, 0.2) is 0 Å². The molecule has 0 saturated heterocycles. The van der Waals surface area contributed by atoms with Gasteiger partial charge in [-0.2, -0.15) is 5.10 Å². The molecule has 0 radical (unpaired) electrons. The van der Waals surface area contributed by atoms with Gasteiger partial charge in [0.2, 0.25) is 0 Å². The van der Waals surface area contributed by atoms with Crippen LogP contribution in [0.25, 0.3) is 11.4 Å². The van der Waals surface area contributed by atoms with Crippen LogP contribution in [-0.2, 0) is 6.54 Å². The van der Waals surface area contributed by atoms with E-state index in [4.69, 9.17) is 0 Å². The van der Waals surface area contributed by atoms with Crippen molar-refractivity contribution in [3.8, 4) is 11.4 Å². The number of aryl methyl sites for hydroxylation is 1. The predicted molar refractivity (Wildman–Crippen MR) is 67.8 cm³/mol. The first-order valence-electron chi connectivity index (χ1n) is 5.79. The van der Waals surface area contributed by atoms with E-state index < -0.39 is 0 Å². The number of rotatable bonds is 4. The van der Waals surface area contributed by atoms with Crippen molar-refractivity contribution in [3.05, 3.63) is 24.2 Å². The molecule has 5 nitrogen and oxygen atoms in total. The largest absolute Gasteiger partial charge is 0.373 e. The highest BCUT2D eigenvalue weighted by atomic mass is 15.3. The lowest BCUT2D eigenvalue weighted by atomic mass is 10.2. The Morgan fingerprint density at radius 1 is 1.35 bits per heavy atom. The molecule has 0 amide bonds. The van der Waals surface area contributed by atoms with E-state index in [9.17, 15) is 0 Å². The Hall–Kier alpha value is -1.91. The van der Waals surface area contributed by atoms with Gasteiger partial charge in [0, 0.05) is 25.4 Å². The van der Waals surface area contributed by atoms with Crippen LogP contribution < -0.4 is 5.32 Å². The molecule has 2 rings (SSSR count). The normalized spacial score (nSPS) is 10.5. The minimum atomic E-state index is 0.860. The highest BCUT2D eigenvalue weighted by molar-refractivity contribution is 5.64. The standard InChI is InChI=1S/C12H17N5/c1-4-7-17-10(5-6-16-17)11-9(2)12(13-3)15-8-14-11/h5-6,8H,4,7H2,1-3H3,(H,13,14,15). The summed E-state index contributed by atoms with van der Waals surface area (Å²) in [7, 11) is 1.86. The van der Waals surface area contributed by atoms with Crippen LogP contribution in [0.4, 0.5) is 5.82 Å². The maximum absolute atomic E-state index is 4.36. The monoisotopic (exact) mass is 231 g/mol. The minimum absolute atomic E-state index is 0.860. The predicted octanol–water partition coefficient (Wildman–Crippen LogP) is 2.10. The lowest BCUT2D eigenvalue weighted by molar-refractivity contribution is 0.607. The molecule has 0 spiro atoms. The molecule has 0 atom stereocenters. The van der Waals surface area contributed by atoms with Gasteiger partial charge in [-0.15, -0.1) is 0 Å². The average molecular weight is 231 g/mol. The SMILES string of the molecule is CCCn1nccc1-c1ncnc(NC)c1C. The van der Waals surface area contributed by atoms with E-state index in [0.717, 1.165) is 35.7 Å². The molecule has 2 heterocycles. The Labute approximate surface area is 101 Å². The van der Waals surface area contributed by atoms with Crippen LogP contribution in [0, 0.1) is 6.92 Å². The highest BCUT2D eigenvalue weighted by Gasteiger charge is 2.12. The molecule has 0 aliphatic rings. The van der Waals surface area contributed by atoms with Crippen molar-refractivity contribution in [1.29, 1.82) is 0 Å². The molecular weight excluding hydrogens is 214 g/mol. The van der Waals surface area contributed by atoms with Crippen LogP contribution in [0.3, 0.4) is 0 Å². The third-order valence-electron chi connectivity index (χ3n) is 2.72. The van der Waals surface area contributed by atoms with Gasteiger partial charge in [-0.25, -0.2) is 9.97 Å². The van der Waals surface area contributed by atoms with E-state index in [0.29, 0.717) is 0 Å². The van der Waals surface area contributed by atoms with Crippen LogP contribution in [0.15, 0.2) is 18.6 Å². The van der Waals surface area contributed by atoms with Gasteiger partial charge in [-0.05, 0) is 19.4 Å². The highest BCUT2D eigenvalue weighted by Crippen LogP contribution is 2.24. The summed E-state index contributed by atoms with van der Waals surface area (Å²) in [4.78, 5) is 8.55. The van der Waals surface area contributed by atoms with E-state index in [1.807, 2.05) is 30.9 Å². The Bertz CT molecular complexity index is 503. The average Bonchev–Trinajstić information content (AvgIpc) is 2.78. The van der Waals surface area contributed by atoms with Gasteiger partial charge in [-0.1, -0.05) is 6.92 Å². The van der Waals surface area contributed by atoms with Gasteiger partial charge in [0.1, 0.15) is 12.1 Å². The van der Waals surface area contributed by atoms with Crippen molar-refractivity contribution in [3.63, 3.8) is 0 Å². The van der Waals surface area contributed by atoms with Crippen molar-refractivity contribution < 1.29 is 0 Å². The topological polar surface area (TPSA) is 55.6 Å². The Balaban J connectivity index is 2.49. The van der Waals surface area contributed by atoms with E-state index in [1.165, 1.54) is 0 Å². The molecule has 90 valence electrons. The van der Waals surface area contributed by atoms with Crippen LogP contribution in [-0.4, -0.2) is 26.8 Å². The fourth-order valence-electron chi connectivity index (χ4n) is 1.88. The van der Waals surface area contributed by atoms with Crippen LogP contribution in [0.5, 0.6) is 0 Å². The van der Waals surface area contributed by atoms with Crippen molar-refractivity contribution in [1.82, 2.24) is 19.7 Å². The number of aromatic nitrogens is 4. The smallest absolute Gasteiger partial charge is 0.132 e. The van der Waals surface area contributed by atoms with Gasteiger partial charge < -0.3 is 5.32 Å². The molecule has 0 bridgehead atoms. The molecule has 0 saturated carbocycles. The van der Waals surface area contributed by atoms with E-state index in [-0.39, 0.29) is 0 Å². The molecule has 0 aliphatic carbocycles. The summed E-state index contributed by atoms with van der Waals surface area (Å²) in [6.45, 7) is 5.06. The van der Waals surface area contributed by atoms with Gasteiger partial charge in [0.25, 0.3) is 0 Å². The first kappa shape index (κ1) is 11.6. The maximum Gasteiger partial charge on any atom is 0.132 e.